The number of nitrogens with one attached hydrogen (secondary N) is 2. The van der Waals surface area contributed by atoms with E-state index in [0.717, 1.165) is 37.2 Å². The van der Waals surface area contributed by atoms with Gasteiger partial charge in [-0.3, -0.25) is 4.79 Å². The Morgan fingerprint density at radius 1 is 1.29 bits per heavy atom. The maximum atomic E-state index is 12.6. The summed E-state index contributed by atoms with van der Waals surface area (Å²) in [6.07, 6.45) is 2.30. The van der Waals surface area contributed by atoms with E-state index in [1.165, 1.54) is 6.92 Å². The van der Waals surface area contributed by atoms with Crippen molar-refractivity contribution in [3.05, 3.63) is 23.8 Å². The van der Waals surface area contributed by atoms with E-state index in [-0.39, 0.29) is 35.3 Å². The average molecular weight is 374 g/mol. The van der Waals surface area contributed by atoms with Gasteiger partial charge in [0.15, 0.2) is 0 Å². The normalized spacial score (nSPS) is 21.2. The molecule has 6 nitrogen and oxygen atoms in total. The fourth-order valence-electron chi connectivity index (χ4n) is 3.48. The molecule has 2 N–H and O–H groups in total. The van der Waals surface area contributed by atoms with Crippen LogP contribution >= 0.6 is 12.4 Å². The Balaban J connectivity index is 0.00000208. The Morgan fingerprint density at radius 2 is 1.96 bits per heavy atom. The molecule has 24 heavy (non-hydrogen) atoms. The minimum Gasteiger partial charge on any atom is -0.317 e. The van der Waals surface area contributed by atoms with Gasteiger partial charge >= 0.3 is 0 Å². The summed E-state index contributed by atoms with van der Waals surface area (Å²) in [5, 5.41) is 3.22. The second kappa shape index (κ2) is 7.39. The van der Waals surface area contributed by atoms with Gasteiger partial charge in [0.05, 0.1) is 4.90 Å². The van der Waals surface area contributed by atoms with Crippen molar-refractivity contribution >= 4 is 34.0 Å². The number of carbonyl (C=O) groups excluding carboxylic acids is 1. The molecule has 1 atom stereocenters. The van der Waals surface area contributed by atoms with Gasteiger partial charge in [-0.2, -0.15) is 0 Å². The van der Waals surface area contributed by atoms with Gasteiger partial charge in [-0.1, -0.05) is 0 Å². The number of rotatable bonds is 3. The number of sulfonamides is 1. The van der Waals surface area contributed by atoms with Crippen LogP contribution in [0.3, 0.4) is 0 Å². The van der Waals surface area contributed by atoms with Crippen LogP contribution in [-0.2, 0) is 21.2 Å². The fourth-order valence-corrected chi connectivity index (χ4v) is 4.84. The average Bonchev–Trinajstić information content (AvgIpc) is 2.82. The predicted octanol–water partition coefficient (Wildman–Crippen LogP) is 1.44. The summed E-state index contributed by atoms with van der Waals surface area (Å²) in [4.78, 5) is 13.8. The summed E-state index contributed by atoms with van der Waals surface area (Å²) < 4.78 is 28.0. The standard InChI is InChI=1S/C16H23N3O3S.ClH/c1-11-9-13-10-15(3-4-16(13)19(11)12(2)20)23(21,22)18-14-5-7-17-8-6-14;/h3-4,10-11,14,17-18H,5-9H2,1-2H3;1H. The van der Waals surface area contributed by atoms with E-state index in [4.69, 9.17) is 0 Å². The second-order valence-electron chi connectivity index (χ2n) is 6.38. The Morgan fingerprint density at radius 3 is 2.58 bits per heavy atom. The van der Waals surface area contributed by atoms with Crippen molar-refractivity contribution in [2.45, 2.75) is 50.1 Å². The zero-order valence-corrected chi connectivity index (χ0v) is 15.5. The van der Waals surface area contributed by atoms with Crippen LogP contribution in [-0.4, -0.2) is 39.5 Å². The van der Waals surface area contributed by atoms with Crippen LogP contribution in [0.1, 0.15) is 32.3 Å². The van der Waals surface area contributed by atoms with Crippen molar-refractivity contribution in [1.29, 1.82) is 0 Å². The molecule has 8 heteroatoms. The number of halogens is 1. The van der Waals surface area contributed by atoms with E-state index in [2.05, 4.69) is 10.0 Å². The predicted molar refractivity (Wildman–Crippen MR) is 96.2 cm³/mol. The number of amides is 1. The van der Waals surface area contributed by atoms with Crippen LogP contribution in [0.15, 0.2) is 23.1 Å². The molecule has 1 unspecified atom stereocenters. The smallest absolute Gasteiger partial charge is 0.240 e. The quantitative estimate of drug-likeness (QED) is 0.840. The Labute approximate surface area is 149 Å². The lowest BCUT2D eigenvalue weighted by Gasteiger charge is -2.23. The molecule has 0 radical (unpaired) electrons. The zero-order valence-electron chi connectivity index (χ0n) is 13.9. The monoisotopic (exact) mass is 373 g/mol. The van der Waals surface area contributed by atoms with Gasteiger partial charge in [0, 0.05) is 24.7 Å². The van der Waals surface area contributed by atoms with Crippen LogP contribution in [0.25, 0.3) is 0 Å². The summed E-state index contributed by atoms with van der Waals surface area (Å²) >= 11 is 0. The third-order valence-corrected chi connectivity index (χ3v) is 6.10. The SMILES string of the molecule is CC(=O)N1c2ccc(S(=O)(=O)NC3CCNCC3)cc2CC1C.Cl. The van der Waals surface area contributed by atoms with Gasteiger partial charge in [0.1, 0.15) is 0 Å². The highest BCUT2D eigenvalue weighted by atomic mass is 35.5. The number of nitrogens with zero attached hydrogens (tertiary/aromatic N) is 1. The van der Waals surface area contributed by atoms with Crippen LogP contribution in [0.2, 0.25) is 0 Å². The van der Waals surface area contributed by atoms with Gasteiger partial charge < -0.3 is 10.2 Å². The van der Waals surface area contributed by atoms with E-state index in [9.17, 15) is 13.2 Å². The van der Waals surface area contributed by atoms with Crippen molar-refractivity contribution in [3.63, 3.8) is 0 Å². The minimum atomic E-state index is -3.52. The molecule has 2 aliphatic heterocycles. The number of hydrogen-bond acceptors (Lipinski definition) is 4. The number of hydrogen-bond donors (Lipinski definition) is 2. The van der Waals surface area contributed by atoms with Crippen molar-refractivity contribution in [3.8, 4) is 0 Å². The van der Waals surface area contributed by atoms with Gasteiger partial charge in [0.2, 0.25) is 15.9 Å². The maximum absolute atomic E-state index is 12.6. The molecule has 2 heterocycles. The molecule has 0 aromatic heterocycles. The molecule has 0 saturated carbocycles. The number of carbonyl (C=O) groups is 1. The van der Waals surface area contributed by atoms with E-state index < -0.39 is 10.0 Å². The Bertz CT molecular complexity index is 717. The molecule has 0 aliphatic carbocycles. The molecule has 0 bridgehead atoms. The molecule has 3 rings (SSSR count). The number of benzene rings is 1. The molecule has 134 valence electrons. The number of anilines is 1. The molecule has 1 fully saturated rings. The zero-order chi connectivity index (χ0) is 16.6. The van der Waals surface area contributed by atoms with Crippen molar-refractivity contribution in [2.24, 2.45) is 0 Å². The van der Waals surface area contributed by atoms with E-state index in [1.807, 2.05) is 6.92 Å². The lowest BCUT2D eigenvalue weighted by molar-refractivity contribution is -0.116. The molecular formula is C16H24ClN3O3S. The van der Waals surface area contributed by atoms with E-state index >= 15 is 0 Å². The second-order valence-corrected chi connectivity index (χ2v) is 8.09. The maximum Gasteiger partial charge on any atom is 0.240 e. The first kappa shape index (κ1) is 19.2. The lowest BCUT2D eigenvalue weighted by Crippen LogP contribution is -2.42. The lowest BCUT2D eigenvalue weighted by atomic mass is 10.1. The third-order valence-electron chi connectivity index (χ3n) is 4.58. The van der Waals surface area contributed by atoms with Crippen LogP contribution in [0.4, 0.5) is 5.69 Å². The Kier molecular flexibility index (Phi) is 5.91. The van der Waals surface area contributed by atoms with Crippen molar-refractivity contribution in [1.82, 2.24) is 10.0 Å². The third kappa shape index (κ3) is 3.74. The highest BCUT2D eigenvalue weighted by Gasteiger charge is 2.30. The molecule has 1 aromatic carbocycles. The van der Waals surface area contributed by atoms with Crippen LogP contribution in [0.5, 0.6) is 0 Å². The Hall–Kier alpha value is -1.15. The summed E-state index contributed by atoms with van der Waals surface area (Å²) in [5.41, 5.74) is 1.74. The largest absolute Gasteiger partial charge is 0.317 e. The summed E-state index contributed by atoms with van der Waals surface area (Å²) in [7, 11) is -3.52. The van der Waals surface area contributed by atoms with E-state index in [0.29, 0.717) is 6.42 Å². The summed E-state index contributed by atoms with van der Waals surface area (Å²) in [6.45, 7) is 5.18. The first-order valence-electron chi connectivity index (χ1n) is 8.04. The van der Waals surface area contributed by atoms with Crippen molar-refractivity contribution in [2.75, 3.05) is 18.0 Å². The van der Waals surface area contributed by atoms with Gasteiger partial charge in [0.25, 0.3) is 0 Å². The molecule has 1 aromatic rings. The fraction of sp³-hybridized carbons (Fsp3) is 0.562. The molecule has 1 amide bonds. The summed E-state index contributed by atoms with van der Waals surface area (Å²) in [5.74, 6) is -0.0142. The molecule has 0 spiro atoms. The van der Waals surface area contributed by atoms with Gasteiger partial charge in [-0.25, -0.2) is 13.1 Å². The first-order chi connectivity index (χ1) is 10.9. The number of fused-ring (bicyclic) bond motifs is 1. The molecular weight excluding hydrogens is 350 g/mol. The van der Waals surface area contributed by atoms with Crippen LogP contribution < -0.4 is 14.9 Å². The van der Waals surface area contributed by atoms with Crippen LogP contribution in [0, 0.1) is 0 Å². The van der Waals surface area contributed by atoms with Gasteiger partial charge in [-0.05, 0) is 63.0 Å². The number of piperidine rings is 1. The molecule has 2 aliphatic rings. The highest BCUT2D eigenvalue weighted by Crippen LogP contribution is 2.33. The molecule has 1 saturated heterocycles. The minimum absolute atomic E-state index is 0. The van der Waals surface area contributed by atoms with Gasteiger partial charge in [-0.15, -0.1) is 12.4 Å². The first-order valence-corrected chi connectivity index (χ1v) is 9.52. The summed E-state index contributed by atoms with van der Waals surface area (Å²) in [6, 6.07) is 5.10. The van der Waals surface area contributed by atoms with Crippen molar-refractivity contribution < 1.29 is 13.2 Å². The highest BCUT2D eigenvalue weighted by molar-refractivity contribution is 7.89. The van der Waals surface area contributed by atoms with E-state index in [1.54, 1.807) is 23.1 Å². The topological polar surface area (TPSA) is 78.5 Å².